The van der Waals surface area contributed by atoms with Crippen LogP contribution in [0, 0.1) is 24.7 Å². The van der Waals surface area contributed by atoms with Gasteiger partial charge in [0.2, 0.25) is 10.0 Å². The molecule has 35 heavy (non-hydrogen) atoms. The van der Waals surface area contributed by atoms with Crippen molar-refractivity contribution >= 4 is 21.6 Å². The van der Waals surface area contributed by atoms with E-state index in [1.807, 2.05) is 46.8 Å². The van der Waals surface area contributed by atoms with Crippen molar-refractivity contribution in [1.29, 1.82) is 0 Å². The molecule has 3 aliphatic rings. The summed E-state index contributed by atoms with van der Waals surface area (Å²) in [4.78, 5) is 0.271. The maximum absolute atomic E-state index is 13.4. The number of benzene rings is 1. The standard InChI is InChI=1S/C27H43ClN2O4S/c1-17-7-9-18(10-8-17)35(32,33)30-25(4)14-11-20(22-19(25)12-15-26(5,31)23(22)29)27(6)16-13-21(28)24(2,3)34-27/h7-10,19-23,30-31H,11-16,29H2,1-6H3/t19-,20-,21-,22-,23+,25-,26+,27+/m0/s1. The lowest BCUT2D eigenvalue weighted by Gasteiger charge is -2.61. The number of nitrogens with one attached hydrogen (secondary N) is 1. The molecule has 2 saturated carbocycles. The predicted octanol–water partition coefficient (Wildman–Crippen LogP) is 4.50. The van der Waals surface area contributed by atoms with Crippen LogP contribution in [0.2, 0.25) is 0 Å². The molecule has 0 amide bonds. The molecule has 2 aliphatic carbocycles. The lowest BCUT2D eigenvalue weighted by molar-refractivity contribution is -0.221. The molecule has 0 aromatic heterocycles. The highest BCUT2D eigenvalue weighted by atomic mass is 35.5. The van der Waals surface area contributed by atoms with Crippen molar-refractivity contribution in [1.82, 2.24) is 4.72 Å². The summed E-state index contributed by atoms with van der Waals surface area (Å²) in [5, 5.41) is 11.1. The summed E-state index contributed by atoms with van der Waals surface area (Å²) in [5.41, 5.74) is 5.23. The Morgan fingerprint density at radius 1 is 1.00 bits per heavy atom. The Morgan fingerprint density at radius 3 is 2.20 bits per heavy atom. The number of ether oxygens (including phenoxy) is 1. The van der Waals surface area contributed by atoms with E-state index in [0.717, 1.165) is 24.8 Å². The molecule has 1 heterocycles. The fourth-order valence-corrected chi connectivity index (χ4v) is 8.87. The first-order valence-electron chi connectivity index (χ1n) is 12.9. The summed E-state index contributed by atoms with van der Waals surface area (Å²) in [6.45, 7) is 12.0. The zero-order chi connectivity index (χ0) is 26.0. The molecule has 8 atom stereocenters. The third kappa shape index (κ3) is 4.94. The smallest absolute Gasteiger partial charge is 0.241 e. The maximum atomic E-state index is 13.4. The Balaban J connectivity index is 1.69. The molecule has 6 nitrogen and oxygen atoms in total. The normalized spacial score (nSPS) is 44.0. The fourth-order valence-electron chi connectivity index (χ4n) is 7.24. The minimum absolute atomic E-state index is 0.0195. The van der Waals surface area contributed by atoms with Gasteiger partial charge < -0.3 is 15.6 Å². The third-order valence-electron chi connectivity index (χ3n) is 9.44. The van der Waals surface area contributed by atoms with Gasteiger partial charge in [-0.3, -0.25) is 0 Å². The van der Waals surface area contributed by atoms with Crippen molar-refractivity contribution in [3.05, 3.63) is 29.8 Å². The molecular formula is C27H43ClN2O4S. The summed E-state index contributed by atoms with van der Waals surface area (Å²) < 4.78 is 36.7. The van der Waals surface area contributed by atoms with Gasteiger partial charge in [0.25, 0.3) is 0 Å². The molecular weight excluding hydrogens is 484 g/mol. The molecule has 0 radical (unpaired) electrons. The van der Waals surface area contributed by atoms with Crippen LogP contribution >= 0.6 is 11.6 Å². The summed E-state index contributed by atoms with van der Waals surface area (Å²) >= 11 is 6.61. The second-order valence-corrected chi connectivity index (χ2v) is 14.8. The van der Waals surface area contributed by atoms with Gasteiger partial charge in [-0.2, -0.15) is 0 Å². The molecule has 3 fully saturated rings. The maximum Gasteiger partial charge on any atom is 0.241 e. The highest BCUT2D eigenvalue weighted by Gasteiger charge is 2.61. The minimum Gasteiger partial charge on any atom is -0.389 e. The van der Waals surface area contributed by atoms with Crippen molar-refractivity contribution in [2.75, 3.05) is 0 Å². The molecule has 1 saturated heterocycles. The van der Waals surface area contributed by atoms with E-state index in [-0.39, 0.29) is 28.0 Å². The van der Waals surface area contributed by atoms with E-state index in [1.54, 1.807) is 12.1 Å². The van der Waals surface area contributed by atoms with E-state index in [0.29, 0.717) is 19.3 Å². The number of rotatable bonds is 4. The van der Waals surface area contributed by atoms with Gasteiger partial charge in [-0.05, 0) is 110 Å². The largest absolute Gasteiger partial charge is 0.389 e. The monoisotopic (exact) mass is 526 g/mol. The second kappa shape index (κ2) is 8.95. The fraction of sp³-hybridized carbons (Fsp3) is 0.778. The molecule has 198 valence electrons. The number of nitrogens with two attached hydrogens (primary N) is 1. The molecule has 8 heteroatoms. The van der Waals surface area contributed by atoms with Crippen molar-refractivity contribution in [3.8, 4) is 0 Å². The lowest BCUT2D eigenvalue weighted by Crippen LogP contribution is -2.70. The first-order chi connectivity index (χ1) is 16.0. The minimum atomic E-state index is -3.72. The Labute approximate surface area is 216 Å². The number of aryl methyl sites for hydroxylation is 1. The number of fused-ring (bicyclic) bond motifs is 1. The van der Waals surface area contributed by atoms with Crippen LogP contribution in [0.3, 0.4) is 0 Å². The van der Waals surface area contributed by atoms with Crippen LogP contribution in [0.4, 0.5) is 0 Å². The molecule has 0 unspecified atom stereocenters. The third-order valence-corrected chi connectivity index (χ3v) is 11.8. The number of hydrogen-bond acceptors (Lipinski definition) is 5. The summed E-state index contributed by atoms with van der Waals surface area (Å²) in [6.07, 6.45) is 4.35. The van der Waals surface area contributed by atoms with E-state index < -0.39 is 38.4 Å². The van der Waals surface area contributed by atoms with Gasteiger partial charge in [-0.25, -0.2) is 13.1 Å². The molecule has 0 bridgehead atoms. The van der Waals surface area contributed by atoms with E-state index in [2.05, 4.69) is 11.6 Å². The van der Waals surface area contributed by atoms with Gasteiger partial charge in [0.15, 0.2) is 0 Å². The highest BCUT2D eigenvalue weighted by molar-refractivity contribution is 7.89. The average Bonchev–Trinajstić information content (AvgIpc) is 2.73. The zero-order valence-corrected chi connectivity index (χ0v) is 23.5. The van der Waals surface area contributed by atoms with Crippen LogP contribution in [0.5, 0.6) is 0 Å². The molecule has 1 aromatic carbocycles. The van der Waals surface area contributed by atoms with Crippen LogP contribution in [-0.4, -0.2) is 47.3 Å². The summed E-state index contributed by atoms with van der Waals surface area (Å²) in [7, 11) is -3.72. The first-order valence-corrected chi connectivity index (χ1v) is 14.9. The van der Waals surface area contributed by atoms with Crippen LogP contribution in [0.15, 0.2) is 29.2 Å². The van der Waals surface area contributed by atoms with Gasteiger partial charge in [0, 0.05) is 11.6 Å². The van der Waals surface area contributed by atoms with E-state index in [9.17, 15) is 13.5 Å². The van der Waals surface area contributed by atoms with Gasteiger partial charge in [0.1, 0.15) is 0 Å². The number of hydrogen-bond donors (Lipinski definition) is 3. The van der Waals surface area contributed by atoms with Gasteiger partial charge in [-0.15, -0.1) is 11.6 Å². The first kappa shape index (κ1) is 27.3. The van der Waals surface area contributed by atoms with Crippen molar-refractivity contribution in [3.63, 3.8) is 0 Å². The van der Waals surface area contributed by atoms with Crippen molar-refractivity contribution in [2.45, 2.75) is 119 Å². The van der Waals surface area contributed by atoms with Crippen molar-refractivity contribution in [2.24, 2.45) is 23.5 Å². The molecule has 4 N–H and O–H groups in total. The topological polar surface area (TPSA) is 102 Å². The van der Waals surface area contributed by atoms with Crippen LogP contribution < -0.4 is 10.5 Å². The SMILES string of the molecule is Cc1ccc(S(=O)(=O)N[C@@]2(C)CC[C@H]([C@@]3(C)CC[C@H](Cl)C(C)(C)O3)[C@H]3[C@@H](N)[C@](C)(O)CC[C@@H]32)cc1. The Kier molecular flexibility index (Phi) is 6.99. The molecule has 0 spiro atoms. The van der Waals surface area contributed by atoms with E-state index in [1.165, 1.54) is 0 Å². The lowest BCUT2D eigenvalue weighted by atomic mass is 9.51. The Hall–Kier alpha value is -0.700. The summed E-state index contributed by atoms with van der Waals surface area (Å²) in [6, 6.07) is 6.47. The quantitative estimate of drug-likeness (QED) is 0.501. The second-order valence-electron chi connectivity index (χ2n) is 12.6. The van der Waals surface area contributed by atoms with Gasteiger partial charge in [-0.1, -0.05) is 17.7 Å². The predicted molar refractivity (Wildman–Crippen MR) is 140 cm³/mol. The molecule has 4 rings (SSSR count). The van der Waals surface area contributed by atoms with Crippen LogP contribution in [0.25, 0.3) is 0 Å². The number of halogens is 1. The highest BCUT2D eigenvalue weighted by Crippen LogP contribution is 2.57. The van der Waals surface area contributed by atoms with Crippen LogP contribution in [-0.2, 0) is 14.8 Å². The van der Waals surface area contributed by atoms with E-state index in [4.69, 9.17) is 22.1 Å². The van der Waals surface area contributed by atoms with Crippen molar-refractivity contribution < 1.29 is 18.3 Å². The summed E-state index contributed by atoms with van der Waals surface area (Å²) in [5.74, 6) is -0.0190. The van der Waals surface area contributed by atoms with Gasteiger partial charge >= 0.3 is 0 Å². The number of alkyl halides is 1. The average molecular weight is 527 g/mol. The Bertz CT molecular complexity index is 1040. The number of aliphatic hydroxyl groups is 1. The Morgan fingerprint density at radius 2 is 1.60 bits per heavy atom. The van der Waals surface area contributed by atoms with Crippen LogP contribution in [0.1, 0.15) is 78.7 Å². The van der Waals surface area contributed by atoms with E-state index >= 15 is 0 Å². The zero-order valence-electron chi connectivity index (χ0n) is 22.0. The molecule has 1 aliphatic heterocycles. The number of sulfonamides is 1. The molecule has 1 aromatic rings. The van der Waals surface area contributed by atoms with Gasteiger partial charge in [0.05, 0.1) is 27.1 Å².